The number of halogens is 4. The zero-order valence-corrected chi connectivity index (χ0v) is 11.9. The number of aromatic nitrogens is 3. The van der Waals surface area contributed by atoms with Gasteiger partial charge in [0.1, 0.15) is 5.69 Å². The van der Waals surface area contributed by atoms with Gasteiger partial charge in [-0.1, -0.05) is 77.8 Å². The first-order valence-corrected chi connectivity index (χ1v) is 6.64. The summed E-state index contributed by atoms with van der Waals surface area (Å²) in [5.74, 6) is 0. The SMILES string of the molecule is CCCCCCn1nnc(Cl)c1C(Cl)(Cl)Cl. The summed E-state index contributed by atoms with van der Waals surface area (Å²) in [6, 6.07) is 0. The van der Waals surface area contributed by atoms with Crippen LogP contribution in [0.4, 0.5) is 0 Å². The van der Waals surface area contributed by atoms with Gasteiger partial charge in [0.2, 0.25) is 3.79 Å². The lowest BCUT2D eigenvalue weighted by Crippen LogP contribution is -2.12. The van der Waals surface area contributed by atoms with Gasteiger partial charge in [0.25, 0.3) is 0 Å². The first-order chi connectivity index (χ1) is 7.46. The summed E-state index contributed by atoms with van der Waals surface area (Å²) in [6.07, 6.45) is 4.45. The highest BCUT2D eigenvalue weighted by Crippen LogP contribution is 2.40. The number of hydrogen-bond acceptors (Lipinski definition) is 2. The molecule has 0 aliphatic heterocycles. The molecule has 0 radical (unpaired) electrons. The van der Waals surface area contributed by atoms with Crippen LogP contribution < -0.4 is 0 Å². The van der Waals surface area contributed by atoms with Gasteiger partial charge in [-0.2, -0.15) is 0 Å². The Hall–Kier alpha value is 0.300. The Bertz CT molecular complexity index is 332. The van der Waals surface area contributed by atoms with E-state index in [1.54, 1.807) is 4.68 Å². The molecule has 1 rings (SSSR count). The average Bonchev–Trinajstić information content (AvgIpc) is 2.54. The van der Waals surface area contributed by atoms with E-state index in [1.165, 1.54) is 12.8 Å². The van der Waals surface area contributed by atoms with Crippen LogP contribution in [0.3, 0.4) is 0 Å². The molecule has 0 aromatic carbocycles. The highest BCUT2D eigenvalue weighted by molar-refractivity contribution is 6.67. The van der Waals surface area contributed by atoms with E-state index in [-0.39, 0.29) is 5.15 Å². The molecule has 0 amide bonds. The first kappa shape index (κ1) is 14.4. The van der Waals surface area contributed by atoms with Gasteiger partial charge in [-0.05, 0) is 6.42 Å². The van der Waals surface area contributed by atoms with E-state index in [2.05, 4.69) is 17.2 Å². The van der Waals surface area contributed by atoms with Crippen LogP contribution in [0.1, 0.15) is 38.3 Å². The molecule has 0 fully saturated rings. The zero-order chi connectivity index (χ0) is 12.2. The molecule has 7 heteroatoms. The number of alkyl halides is 3. The monoisotopic (exact) mass is 303 g/mol. The van der Waals surface area contributed by atoms with Crippen molar-refractivity contribution in [3.05, 3.63) is 10.8 Å². The molecule has 0 saturated heterocycles. The fourth-order valence-electron chi connectivity index (χ4n) is 1.40. The van der Waals surface area contributed by atoms with Gasteiger partial charge in [-0.15, -0.1) is 5.10 Å². The molecule has 0 bridgehead atoms. The van der Waals surface area contributed by atoms with Crippen LogP contribution >= 0.6 is 46.4 Å². The molecule has 0 N–H and O–H groups in total. The van der Waals surface area contributed by atoms with Crippen LogP contribution in [0.15, 0.2) is 0 Å². The summed E-state index contributed by atoms with van der Waals surface area (Å²) >= 11 is 23.2. The Kier molecular flexibility index (Phi) is 5.65. The Morgan fingerprint density at radius 3 is 2.44 bits per heavy atom. The van der Waals surface area contributed by atoms with E-state index in [1.807, 2.05) is 0 Å². The lowest BCUT2D eigenvalue weighted by Gasteiger charge is -2.12. The van der Waals surface area contributed by atoms with E-state index < -0.39 is 3.79 Å². The van der Waals surface area contributed by atoms with Crippen LogP contribution in [0, 0.1) is 0 Å². The third-order valence-corrected chi connectivity index (χ3v) is 2.98. The summed E-state index contributed by atoms with van der Waals surface area (Å²) in [6.45, 7) is 2.82. The maximum Gasteiger partial charge on any atom is 0.235 e. The molecule has 0 unspecified atom stereocenters. The fourth-order valence-corrected chi connectivity index (χ4v) is 2.38. The number of rotatable bonds is 5. The molecule has 3 nitrogen and oxygen atoms in total. The van der Waals surface area contributed by atoms with Crippen molar-refractivity contribution in [2.45, 2.75) is 42.9 Å². The van der Waals surface area contributed by atoms with E-state index in [0.717, 1.165) is 12.8 Å². The van der Waals surface area contributed by atoms with Crippen LogP contribution in [0.5, 0.6) is 0 Å². The maximum atomic E-state index is 5.82. The lowest BCUT2D eigenvalue weighted by atomic mass is 10.2. The van der Waals surface area contributed by atoms with Crippen molar-refractivity contribution in [1.29, 1.82) is 0 Å². The van der Waals surface area contributed by atoms with Crippen molar-refractivity contribution in [2.24, 2.45) is 0 Å². The number of unbranched alkanes of at least 4 members (excludes halogenated alkanes) is 3. The molecule has 0 saturated carbocycles. The Labute approximate surface area is 115 Å². The maximum absolute atomic E-state index is 5.82. The first-order valence-electron chi connectivity index (χ1n) is 5.13. The number of nitrogens with zero attached hydrogens (tertiary/aromatic N) is 3. The quantitative estimate of drug-likeness (QED) is 0.598. The van der Waals surface area contributed by atoms with Crippen molar-refractivity contribution in [3.63, 3.8) is 0 Å². The van der Waals surface area contributed by atoms with Crippen LogP contribution in [0.25, 0.3) is 0 Å². The Balaban J connectivity index is 2.66. The minimum atomic E-state index is -1.58. The third-order valence-electron chi connectivity index (χ3n) is 2.19. The minimum Gasteiger partial charge on any atom is -0.243 e. The number of aryl methyl sites for hydroxylation is 1. The van der Waals surface area contributed by atoms with Gasteiger partial charge >= 0.3 is 0 Å². The molecule has 1 aromatic heterocycles. The van der Waals surface area contributed by atoms with Crippen LogP contribution in [-0.4, -0.2) is 15.0 Å². The van der Waals surface area contributed by atoms with Crippen LogP contribution in [-0.2, 0) is 10.3 Å². The van der Waals surface area contributed by atoms with Crippen molar-refractivity contribution >= 4 is 46.4 Å². The summed E-state index contributed by atoms with van der Waals surface area (Å²) < 4.78 is -0.0175. The molecule has 0 aliphatic rings. The molecule has 1 aromatic rings. The minimum absolute atomic E-state index is 0.149. The van der Waals surface area contributed by atoms with E-state index >= 15 is 0 Å². The highest BCUT2D eigenvalue weighted by Gasteiger charge is 2.31. The normalized spacial score (nSPS) is 12.1. The number of hydrogen-bond donors (Lipinski definition) is 0. The van der Waals surface area contributed by atoms with Crippen molar-refractivity contribution < 1.29 is 0 Å². The van der Waals surface area contributed by atoms with Gasteiger partial charge in [0.15, 0.2) is 5.15 Å². The summed E-state index contributed by atoms with van der Waals surface area (Å²) in [4.78, 5) is 0. The molecule has 0 atom stereocenters. The van der Waals surface area contributed by atoms with Gasteiger partial charge < -0.3 is 0 Å². The summed E-state index contributed by atoms with van der Waals surface area (Å²) in [7, 11) is 0. The lowest BCUT2D eigenvalue weighted by molar-refractivity contribution is 0.514. The highest BCUT2D eigenvalue weighted by atomic mass is 35.6. The van der Waals surface area contributed by atoms with E-state index in [0.29, 0.717) is 12.2 Å². The van der Waals surface area contributed by atoms with Crippen LogP contribution in [0.2, 0.25) is 5.15 Å². The second-order valence-corrected chi connectivity index (χ2v) is 6.15. The molecular formula is C9H13Cl4N3. The van der Waals surface area contributed by atoms with Gasteiger partial charge in [0.05, 0.1) is 0 Å². The topological polar surface area (TPSA) is 30.7 Å². The second kappa shape index (κ2) is 6.29. The molecular weight excluding hydrogens is 292 g/mol. The standard InChI is InChI=1S/C9H13Cl4N3/c1-2-3-4-5-6-16-7(9(11,12)13)8(10)14-15-16/h2-6H2,1H3. The fraction of sp³-hybridized carbons (Fsp3) is 0.778. The Morgan fingerprint density at radius 2 is 1.88 bits per heavy atom. The predicted molar refractivity (Wildman–Crippen MR) is 68.4 cm³/mol. The predicted octanol–water partition coefficient (Wildman–Crippen LogP) is 4.34. The smallest absolute Gasteiger partial charge is 0.235 e. The molecule has 0 spiro atoms. The second-order valence-electron chi connectivity index (χ2n) is 3.51. The van der Waals surface area contributed by atoms with Gasteiger partial charge in [-0.25, -0.2) is 4.68 Å². The molecule has 92 valence electrons. The summed E-state index contributed by atoms with van der Waals surface area (Å²) in [5, 5.41) is 7.72. The molecule has 16 heavy (non-hydrogen) atoms. The molecule has 1 heterocycles. The van der Waals surface area contributed by atoms with E-state index in [4.69, 9.17) is 46.4 Å². The third kappa shape index (κ3) is 3.95. The van der Waals surface area contributed by atoms with Gasteiger partial charge in [-0.3, -0.25) is 0 Å². The van der Waals surface area contributed by atoms with E-state index in [9.17, 15) is 0 Å². The summed E-state index contributed by atoms with van der Waals surface area (Å²) in [5.41, 5.74) is 0.343. The zero-order valence-electron chi connectivity index (χ0n) is 8.89. The van der Waals surface area contributed by atoms with Gasteiger partial charge in [0, 0.05) is 6.54 Å². The van der Waals surface area contributed by atoms with Crippen molar-refractivity contribution in [2.75, 3.05) is 0 Å². The largest absolute Gasteiger partial charge is 0.243 e. The Morgan fingerprint density at radius 1 is 1.19 bits per heavy atom. The molecule has 0 aliphatic carbocycles. The van der Waals surface area contributed by atoms with Crippen molar-refractivity contribution in [1.82, 2.24) is 15.0 Å². The van der Waals surface area contributed by atoms with Crippen molar-refractivity contribution in [3.8, 4) is 0 Å². The average molecular weight is 305 g/mol.